The van der Waals surface area contributed by atoms with Crippen molar-refractivity contribution in [3.63, 3.8) is 0 Å². The van der Waals surface area contributed by atoms with Gasteiger partial charge in [0.25, 0.3) is 0 Å². The van der Waals surface area contributed by atoms with Crippen molar-refractivity contribution in [2.75, 3.05) is 14.1 Å². The summed E-state index contributed by atoms with van der Waals surface area (Å²) in [4.78, 5) is 23.3. The molecule has 21 heavy (non-hydrogen) atoms. The number of hydrogen-bond acceptors (Lipinski definition) is 4. The molecular formula is C11H18F2N2O5S. The van der Waals surface area contributed by atoms with Crippen molar-refractivity contribution in [3.05, 3.63) is 0 Å². The molecule has 0 aliphatic heterocycles. The van der Waals surface area contributed by atoms with E-state index in [1.54, 1.807) is 0 Å². The van der Waals surface area contributed by atoms with Gasteiger partial charge in [-0.05, 0) is 18.8 Å². The molecule has 7 nitrogen and oxygen atoms in total. The lowest BCUT2D eigenvalue weighted by Gasteiger charge is -2.21. The molecule has 0 aromatic heterocycles. The van der Waals surface area contributed by atoms with Crippen molar-refractivity contribution in [2.24, 2.45) is 17.8 Å². The summed E-state index contributed by atoms with van der Waals surface area (Å²) >= 11 is 0. The minimum atomic E-state index is -5.55. The third-order valence-corrected chi connectivity index (χ3v) is 4.69. The molecular weight excluding hydrogens is 310 g/mol. The highest BCUT2D eigenvalue weighted by Gasteiger charge is 2.51. The van der Waals surface area contributed by atoms with Crippen LogP contribution in [0.4, 0.5) is 8.78 Å². The van der Waals surface area contributed by atoms with Crippen LogP contribution in [0.15, 0.2) is 0 Å². The molecule has 1 fully saturated rings. The van der Waals surface area contributed by atoms with Gasteiger partial charge >= 0.3 is 15.4 Å². The molecule has 0 bridgehead atoms. The van der Waals surface area contributed by atoms with Gasteiger partial charge in [-0.1, -0.05) is 0 Å². The zero-order valence-electron chi connectivity index (χ0n) is 11.6. The molecule has 1 rings (SSSR count). The van der Waals surface area contributed by atoms with Crippen LogP contribution < -0.4 is 10.6 Å². The van der Waals surface area contributed by atoms with E-state index in [0.717, 1.165) is 0 Å². The molecule has 0 radical (unpaired) electrons. The Morgan fingerprint density at radius 3 is 2.14 bits per heavy atom. The zero-order valence-corrected chi connectivity index (χ0v) is 12.4. The Balaban J connectivity index is 2.96. The lowest BCUT2D eigenvalue weighted by Crippen LogP contribution is -2.36. The molecule has 3 unspecified atom stereocenters. The second kappa shape index (κ2) is 6.22. The molecule has 1 aliphatic rings. The first kappa shape index (κ1) is 17.8. The number of hydrogen-bond donors (Lipinski definition) is 3. The topological polar surface area (TPSA) is 113 Å². The van der Waals surface area contributed by atoms with Crippen LogP contribution in [0.3, 0.4) is 0 Å². The van der Waals surface area contributed by atoms with Crippen LogP contribution in [0.1, 0.15) is 19.3 Å². The molecule has 0 spiro atoms. The number of carbonyl (C=O) groups excluding carboxylic acids is 2. The van der Waals surface area contributed by atoms with Gasteiger partial charge in [-0.3, -0.25) is 14.1 Å². The predicted molar refractivity (Wildman–Crippen MR) is 69.0 cm³/mol. The third kappa shape index (κ3) is 3.88. The fourth-order valence-electron chi connectivity index (χ4n) is 2.69. The quantitative estimate of drug-likeness (QED) is 0.615. The summed E-state index contributed by atoms with van der Waals surface area (Å²) < 4.78 is 56.8. The van der Waals surface area contributed by atoms with Crippen molar-refractivity contribution in [1.82, 2.24) is 10.6 Å². The van der Waals surface area contributed by atoms with Gasteiger partial charge in [0, 0.05) is 32.4 Å². The van der Waals surface area contributed by atoms with Gasteiger partial charge in [0.2, 0.25) is 11.8 Å². The number of halogens is 2. The standard InChI is InChI=1S/C11H18F2N2O5S/c1-14-9(16)6-3-7(8(4-6)10(17)15-2)5-11(12,13)21(18,19)20/h6-8H,3-5H2,1-2H3,(H,14,16)(H,15,17)(H,18,19,20). The number of nitrogens with one attached hydrogen (secondary N) is 2. The highest BCUT2D eigenvalue weighted by molar-refractivity contribution is 7.86. The van der Waals surface area contributed by atoms with Crippen LogP contribution in [-0.2, 0) is 19.7 Å². The van der Waals surface area contributed by atoms with E-state index in [1.807, 2.05) is 0 Å². The van der Waals surface area contributed by atoms with E-state index in [1.165, 1.54) is 14.1 Å². The molecule has 2 amide bonds. The Hall–Kier alpha value is -1.29. The van der Waals surface area contributed by atoms with Gasteiger partial charge in [-0.15, -0.1) is 0 Å². The molecule has 0 aromatic rings. The second-order valence-electron chi connectivity index (χ2n) is 5.08. The van der Waals surface area contributed by atoms with Gasteiger partial charge in [-0.25, -0.2) is 0 Å². The molecule has 0 aromatic carbocycles. The maximum Gasteiger partial charge on any atom is 0.370 e. The fraction of sp³-hybridized carbons (Fsp3) is 0.818. The number of alkyl halides is 2. The van der Waals surface area contributed by atoms with Crippen LogP contribution in [0.5, 0.6) is 0 Å². The Morgan fingerprint density at radius 1 is 1.19 bits per heavy atom. The first-order valence-electron chi connectivity index (χ1n) is 6.31. The predicted octanol–water partition coefficient (Wildman–Crippen LogP) is -0.00850. The van der Waals surface area contributed by atoms with E-state index in [4.69, 9.17) is 4.55 Å². The Bertz CT molecular complexity index is 523. The van der Waals surface area contributed by atoms with E-state index in [0.29, 0.717) is 0 Å². The molecule has 3 N–H and O–H groups in total. The van der Waals surface area contributed by atoms with E-state index in [2.05, 4.69) is 10.6 Å². The molecule has 1 saturated carbocycles. The second-order valence-corrected chi connectivity index (χ2v) is 6.63. The van der Waals surface area contributed by atoms with Gasteiger partial charge < -0.3 is 10.6 Å². The molecule has 10 heteroatoms. The van der Waals surface area contributed by atoms with Gasteiger partial charge in [0.15, 0.2) is 0 Å². The Labute approximate surface area is 121 Å². The molecule has 122 valence electrons. The lowest BCUT2D eigenvalue weighted by atomic mass is 9.92. The summed E-state index contributed by atoms with van der Waals surface area (Å²) in [6.07, 6.45) is -1.17. The van der Waals surface area contributed by atoms with Crippen LogP contribution in [-0.4, -0.2) is 44.1 Å². The number of rotatable bonds is 5. The van der Waals surface area contributed by atoms with Crippen molar-refractivity contribution in [2.45, 2.75) is 24.5 Å². The van der Waals surface area contributed by atoms with Crippen molar-refractivity contribution < 1.29 is 31.3 Å². The summed E-state index contributed by atoms with van der Waals surface area (Å²) in [5, 5.41) is 0.338. The number of carbonyl (C=O) groups is 2. The average molecular weight is 328 g/mol. The zero-order chi connectivity index (χ0) is 16.4. The Kier molecular flexibility index (Phi) is 5.26. The highest BCUT2D eigenvalue weighted by Crippen LogP contribution is 2.43. The summed E-state index contributed by atoms with van der Waals surface area (Å²) in [6, 6.07) is 0. The SMILES string of the molecule is CNC(=O)C1CC(CC(F)(F)S(=O)(=O)O)C(C(=O)NC)C1. The largest absolute Gasteiger partial charge is 0.370 e. The summed E-state index contributed by atoms with van der Waals surface area (Å²) in [5.41, 5.74) is 0. The van der Waals surface area contributed by atoms with E-state index in [-0.39, 0.29) is 18.7 Å². The fourth-order valence-corrected chi connectivity index (χ4v) is 3.11. The molecule has 0 heterocycles. The van der Waals surface area contributed by atoms with Crippen LogP contribution in [0.2, 0.25) is 0 Å². The minimum absolute atomic E-state index is 0.0388. The maximum absolute atomic E-state index is 13.5. The molecule has 3 atom stereocenters. The third-order valence-electron chi connectivity index (χ3n) is 3.77. The summed E-state index contributed by atoms with van der Waals surface area (Å²) in [5.74, 6) is -3.47. The van der Waals surface area contributed by atoms with Crippen LogP contribution in [0.25, 0.3) is 0 Å². The Morgan fingerprint density at radius 2 is 1.71 bits per heavy atom. The highest BCUT2D eigenvalue weighted by atomic mass is 32.2. The summed E-state index contributed by atoms with van der Waals surface area (Å²) in [7, 11) is -2.84. The number of amides is 2. The van der Waals surface area contributed by atoms with Crippen molar-refractivity contribution >= 4 is 21.9 Å². The van der Waals surface area contributed by atoms with Crippen molar-refractivity contribution in [3.8, 4) is 0 Å². The molecule has 1 aliphatic carbocycles. The smallest absolute Gasteiger partial charge is 0.359 e. The maximum atomic E-state index is 13.5. The van der Waals surface area contributed by atoms with Gasteiger partial charge in [-0.2, -0.15) is 17.2 Å². The van der Waals surface area contributed by atoms with E-state index < -0.39 is 45.5 Å². The normalized spacial score (nSPS) is 26.4. The first-order valence-corrected chi connectivity index (χ1v) is 7.75. The average Bonchev–Trinajstić information content (AvgIpc) is 2.78. The van der Waals surface area contributed by atoms with Gasteiger partial charge in [0.05, 0.1) is 0 Å². The van der Waals surface area contributed by atoms with Gasteiger partial charge in [0.1, 0.15) is 0 Å². The van der Waals surface area contributed by atoms with Crippen LogP contribution in [0, 0.1) is 17.8 Å². The van der Waals surface area contributed by atoms with E-state index in [9.17, 15) is 26.8 Å². The lowest BCUT2D eigenvalue weighted by molar-refractivity contribution is -0.126. The molecule has 0 saturated heterocycles. The van der Waals surface area contributed by atoms with Crippen molar-refractivity contribution in [1.29, 1.82) is 0 Å². The minimum Gasteiger partial charge on any atom is -0.359 e. The van der Waals surface area contributed by atoms with E-state index >= 15 is 0 Å². The summed E-state index contributed by atoms with van der Waals surface area (Å²) in [6.45, 7) is 0. The van der Waals surface area contributed by atoms with Crippen LogP contribution >= 0.6 is 0 Å². The monoisotopic (exact) mass is 328 g/mol. The first-order chi connectivity index (χ1) is 9.53.